The molecule has 1 fully saturated rings. The first-order valence-electron chi connectivity index (χ1n) is 6.99. The Morgan fingerprint density at radius 3 is 2.41 bits per heavy atom. The van der Waals surface area contributed by atoms with Crippen molar-refractivity contribution in [3.05, 3.63) is 23.8 Å². The van der Waals surface area contributed by atoms with Crippen LogP contribution in [-0.2, 0) is 14.4 Å². The van der Waals surface area contributed by atoms with E-state index >= 15 is 0 Å². The van der Waals surface area contributed by atoms with Gasteiger partial charge in [0.05, 0.1) is 12.3 Å². The zero-order valence-electron chi connectivity index (χ0n) is 12.5. The summed E-state index contributed by atoms with van der Waals surface area (Å²) in [6.45, 7) is 3.73. The summed E-state index contributed by atoms with van der Waals surface area (Å²) in [7, 11) is 0. The minimum Gasteiger partial charge on any atom is -0.481 e. The van der Waals surface area contributed by atoms with Gasteiger partial charge in [0.1, 0.15) is 6.04 Å². The highest BCUT2D eigenvalue weighted by molar-refractivity contribution is 5.76. The molecule has 1 aliphatic heterocycles. The summed E-state index contributed by atoms with van der Waals surface area (Å²) in [6.07, 6.45) is 4.62. The standard InChI is InChI=1S/C15H21NO6/c1-8(4-3-5-9(2)14(19)20)11-7-16-13(15(21)22)10(11)6-12(17)18/h3-5,9-11,13,16H,6-7H2,1-2H3,(H,17,18)(H,19,20)(H,21,22)/b5-3+,8-4+. The Morgan fingerprint density at radius 2 is 1.91 bits per heavy atom. The van der Waals surface area contributed by atoms with Gasteiger partial charge in [-0.25, -0.2) is 0 Å². The van der Waals surface area contributed by atoms with Gasteiger partial charge in [-0.1, -0.05) is 23.8 Å². The van der Waals surface area contributed by atoms with Crippen molar-refractivity contribution in [2.24, 2.45) is 17.8 Å². The third kappa shape index (κ3) is 4.70. The van der Waals surface area contributed by atoms with E-state index in [1.165, 1.54) is 6.08 Å². The van der Waals surface area contributed by atoms with Crippen LogP contribution in [0.25, 0.3) is 0 Å². The van der Waals surface area contributed by atoms with Crippen LogP contribution in [0, 0.1) is 17.8 Å². The SMILES string of the molecule is C/C(=C\C=C\C(C)C(=O)O)C1CNC(C(=O)O)C1CC(=O)O. The molecule has 122 valence electrons. The number of aliphatic carboxylic acids is 3. The van der Waals surface area contributed by atoms with Crippen molar-refractivity contribution in [1.82, 2.24) is 5.32 Å². The molecule has 1 saturated heterocycles. The first kappa shape index (κ1) is 17.9. The molecule has 1 rings (SSSR count). The second kappa shape index (κ2) is 7.74. The molecule has 0 amide bonds. The molecular formula is C15H21NO6. The van der Waals surface area contributed by atoms with Crippen molar-refractivity contribution in [3.8, 4) is 0 Å². The van der Waals surface area contributed by atoms with E-state index in [2.05, 4.69) is 5.32 Å². The van der Waals surface area contributed by atoms with E-state index in [1.807, 2.05) is 0 Å². The van der Waals surface area contributed by atoms with E-state index < -0.39 is 35.8 Å². The number of nitrogens with one attached hydrogen (secondary N) is 1. The highest BCUT2D eigenvalue weighted by Crippen LogP contribution is 2.31. The number of carboxylic acids is 3. The zero-order valence-corrected chi connectivity index (χ0v) is 12.5. The molecule has 7 nitrogen and oxygen atoms in total. The average Bonchev–Trinajstić information content (AvgIpc) is 2.81. The topological polar surface area (TPSA) is 124 Å². The summed E-state index contributed by atoms with van der Waals surface area (Å²) in [5.74, 6) is -4.38. The summed E-state index contributed by atoms with van der Waals surface area (Å²) < 4.78 is 0. The van der Waals surface area contributed by atoms with Crippen molar-refractivity contribution in [2.75, 3.05) is 6.54 Å². The van der Waals surface area contributed by atoms with E-state index in [4.69, 9.17) is 15.3 Å². The lowest BCUT2D eigenvalue weighted by atomic mass is 9.83. The lowest BCUT2D eigenvalue weighted by molar-refractivity contribution is -0.142. The van der Waals surface area contributed by atoms with Gasteiger partial charge in [0, 0.05) is 12.5 Å². The number of allylic oxidation sites excluding steroid dienone is 2. The van der Waals surface area contributed by atoms with Crippen LogP contribution in [-0.4, -0.2) is 45.8 Å². The van der Waals surface area contributed by atoms with Crippen molar-refractivity contribution in [2.45, 2.75) is 26.3 Å². The Balaban J connectivity index is 2.85. The third-order valence-corrected chi connectivity index (χ3v) is 3.91. The number of hydrogen-bond acceptors (Lipinski definition) is 4. The second-order valence-corrected chi connectivity index (χ2v) is 5.51. The molecule has 0 aromatic heterocycles. The fourth-order valence-corrected chi connectivity index (χ4v) is 2.60. The fraction of sp³-hybridized carbons (Fsp3) is 0.533. The molecule has 0 aromatic carbocycles. The molecule has 4 N–H and O–H groups in total. The largest absolute Gasteiger partial charge is 0.481 e. The van der Waals surface area contributed by atoms with Crippen LogP contribution in [0.3, 0.4) is 0 Å². The first-order chi connectivity index (χ1) is 10.2. The molecule has 1 heterocycles. The summed E-state index contributed by atoms with van der Waals surface area (Å²) in [5.41, 5.74) is 0.830. The van der Waals surface area contributed by atoms with Gasteiger partial charge in [0.15, 0.2) is 0 Å². The first-order valence-corrected chi connectivity index (χ1v) is 6.99. The minimum absolute atomic E-state index is 0.206. The highest BCUT2D eigenvalue weighted by Gasteiger charge is 2.41. The zero-order chi connectivity index (χ0) is 16.9. The molecule has 4 unspecified atom stereocenters. The monoisotopic (exact) mass is 311 g/mol. The van der Waals surface area contributed by atoms with Gasteiger partial charge in [0.2, 0.25) is 0 Å². The molecule has 0 radical (unpaired) electrons. The van der Waals surface area contributed by atoms with Crippen molar-refractivity contribution in [3.63, 3.8) is 0 Å². The van der Waals surface area contributed by atoms with E-state index in [1.54, 1.807) is 26.0 Å². The Hall–Kier alpha value is -2.15. The van der Waals surface area contributed by atoms with Gasteiger partial charge < -0.3 is 20.6 Å². The van der Waals surface area contributed by atoms with Gasteiger partial charge in [-0.3, -0.25) is 14.4 Å². The molecule has 0 spiro atoms. The van der Waals surface area contributed by atoms with Crippen LogP contribution in [0.2, 0.25) is 0 Å². The molecule has 22 heavy (non-hydrogen) atoms. The summed E-state index contributed by atoms with van der Waals surface area (Å²) in [5, 5.41) is 29.7. The van der Waals surface area contributed by atoms with Gasteiger partial charge in [-0.15, -0.1) is 0 Å². The fourth-order valence-electron chi connectivity index (χ4n) is 2.60. The maximum Gasteiger partial charge on any atom is 0.321 e. The van der Waals surface area contributed by atoms with Gasteiger partial charge in [-0.05, 0) is 19.8 Å². The lowest BCUT2D eigenvalue weighted by Gasteiger charge is -2.20. The second-order valence-electron chi connectivity index (χ2n) is 5.51. The highest BCUT2D eigenvalue weighted by atomic mass is 16.4. The Kier molecular flexibility index (Phi) is 6.30. The number of hydrogen-bond donors (Lipinski definition) is 4. The molecule has 0 bridgehead atoms. The Labute approximate surface area is 128 Å². The molecule has 0 saturated carbocycles. The summed E-state index contributed by atoms with van der Waals surface area (Å²) in [4.78, 5) is 32.8. The molecule has 7 heteroatoms. The predicted octanol–water partition coefficient (Wildman–Crippen LogP) is 0.973. The van der Waals surface area contributed by atoms with Crippen LogP contribution in [0.15, 0.2) is 23.8 Å². The van der Waals surface area contributed by atoms with Crippen LogP contribution in [0.4, 0.5) is 0 Å². The normalized spacial score (nSPS) is 27.0. The minimum atomic E-state index is -1.06. The smallest absolute Gasteiger partial charge is 0.321 e. The van der Waals surface area contributed by atoms with Gasteiger partial charge >= 0.3 is 17.9 Å². The van der Waals surface area contributed by atoms with E-state index in [0.717, 1.165) is 5.57 Å². The molecular weight excluding hydrogens is 290 g/mol. The number of carbonyl (C=O) groups is 3. The Bertz CT molecular complexity index is 510. The van der Waals surface area contributed by atoms with Crippen molar-refractivity contribution >= 4 is 17.9 Å². The van der Waals surface area contributed by atoms with Crippen molar-refractivity contribution in [1.29, 1.82) is 0 Å². The maximum absolute atomic E-state index is 11.2. The van der Waals surface area contributed by atoms with E-state index in [-0.39, 0.29) is 12.3 Å². The molecule has 4 atom stereocenters. The van der Waals surface area contributed by atoms with Crippen LogP contribution in [0.5, 0.6) is 0 Å². The van der Waals surface area contributed by atoms with E-state index in [9.17, 15) is 14.4 Å². The predicted molar refractivity (Wildman–Crippen MR) is 78.4 cm³/mol. The molecule has 0 aliphatic carbocycles. The van der Waals surface area contributed by atoms with Crippen molar-refractivity contribution < 1.29 is 29.7 Å². The van der Waals surface area contributed by atoms with Crippen LogP contribution < -0.4 is 5.32 Å². The number of rotatable bonds is 7. The van der Waals surface area contributed by atoms with Gasteiger partial charge in [0.25, 0.3) is 0 Å². The van der Waals surface area contributed by atoms with Gasteiger partial charge in [-0.2, -0.15) is 0 Å². The molecule has 0 aromatic rings. The van der Waals surface area contributed by atoms with E-state index in [0.29, 0.717) is 6.54 Å². The Morgan fingerprint density at radius 1 is 1.27 bits per heavy atom. The lowest BCUT2D eigenvalue weighted by Crippen LogP contribution is -2.36. The average molecular weight is 311 g/mol. The number of carboxylic acid groups (broad SMARTS) is 3. The maximum atomic E-state index is 11.2. The summed E-state index contributed by atoms with van der Waals surface area (Å²) in [6, 6.07) is -0.883. The van der Waals surface area contributed by atoms with Crippen LogP contribution in [0.1, 0.15) is 20.3 Å². The molecule has 1 aliphatic rings. The third-order valence-electron chi connectivity index (χ3n) is 3.91. The quantitative estimate of drug-likeness (QED) is 0.516. The summed E-state index contributed by atoms with van der Waals surface area (Å²) >= 11 is 0. The van der Waals surface area contributed by atoms with Crippen LogP contribution >= 0.6 is 0 Å².